The van der Waals surface area contributed by atoms with Gasteiger partial charge in [0.15, 0.2) is 0 Å². The molecule has 0 aromatic carbocycles. The maximum absolute atomic E-state index is 3.28. The van der Waals surface area contributed by atoms with Gasteiger partial charge in [0.25, 0.3) is 0 Å². The van der Waals surface area contributed by atoms with E-state index < -0.39 is 0 Å². The van der Waals surface area contributed by atoms with Gasteiger partial charge in [0.2, 0.25) is 0 Å². The second-order valence-electron chi connectivity index (χ2n) is 5.18. The van der Waals surface area contributed by atoms with Crippen molar-refractivity contribution in [3.8, 4) is 0 Å². The van der Waals surface area contributed by atoms with Crippen molar-refractivity contribution in [1.29, 1.82) is 0 Å². The number of hydrogen-bond donors (Lipinski definition) is 0. The zero-order chi connectivity index (χ0) is 15.4. The van der Waals surface area contributed by atoms with Crippen molar-refractivity contribution in [2.45, 2.75) is 66.2 Å². The Kier molecular flexibility index (Phi) is 34.8. The number of allylic oxidation sites excluding steroid dienone is 8. The molecule has 0 bridgehead atoms. The van der Waals surface area contributed by atoms with Crippen LogP contribution < -0.4 is 0 Å². The zero-order valence-corrected chi connectivity index (χ0v) is 21.0. The van der Waals surface area contributed by atoms with Crippen molar-refractivity contribution in [3.05, 3.63) is 61.4 Å². The molecule has 0 heterocycles. The van der Waals surface area contributed by atoms with Gasteiger partial charge in [0.1, 0.15) is 0 Å². The molecule has 0 N–H and O–H groups in total. The topological polar surface area (TPSA) is 0 Å². The summed E-state index contributed by atoms with van der Waals surface area (Å²) in [5.41, 5.74) is 5.74. The molecule has 0 fully saturated rings. The SMILES string of the molecule is CCCC1=CC(C)=[C-]C1.CCCC1=CC(C)=[C-]C1.Cl.Cl.[CH3-].[CH3-].[SiH2]=[Ti]. The Bertz CT molecular complexity index is 372. The molecule has 0 spiro atoms. The predicted molar refractivity (Wildman–Crippen MR) is 116 cm³/mol. The monoisotopic (exact) mass is 422 g/mol. The Balaban J connectivity index is -0.0000000789. The summed E-state index contributed by atoms with van der Waals surface area (Å²) in [5, 5.41) is 0. The molecule has 0 saturated heterocycles. The molecule has 24 heavy (non-hydrogen) atoms. The van der Waals surface area contributed by atoms with Gasteiger partial charge in [-0.25, -0.2) is 23.3 Å². The van der Waals surface area contributed by atoms with Crippen LogP contribution in [0.15, 0.2) is 34.4 Å². The molecule has 0 aromatic heterocycles. The standard InChI is InChI=1S/2C9H13.2CH3.2ClH.H2Si.Ti/c2*1-3-4-9-6-5-8(2)7-9;;;;;;/h2*7H,3-4,6H2,1-2H3;2*1H3;2*1H;1H2;/q4*-1;;;;. The minimum atomic E-state index is 0. The van der Waals surface area contributed by atoms with Crippen LogP contribution in [0.25, 0.3) is 0 Å². The van der Waals surface area contributed by atoms with E-state index in [1.54, 1.807) is 11.1 Å². The van der Waals surface area contributed by atoms with E-state index >= 15 is 0 Å². The van der Waals surface area contributed by atoms with E-state index in [0.29, 0.717) is 0 Å². The molecular formula is C20H36Cl2SiTi-4. The first kappa shape index (κ1) is 35.6. The molecule has 2 aliphatic carbocycles. The van der Waals surface area contributed by atoms with E-state index in [-0.39, 0.29) is 39.7 Å². The summed E-state index contributed by atoms with van der Waals surface area (Å²) < 4.78 is 0. The van der Waals surface area contributed by atoms with Crippen molar-refractivity contribution in [2.24, 2.45) is 0 Å². The van der Waals surface area contributed by atoms with Crippen molar-refractivity contribution in [2.75, 3.05) is 0 Å². The second-order valence-corrected chi connectivity index (χ2v) is 5.18. The molecular weight excluding hydrogens is 387 g/mol. The van der Waals surface area contributed by atoms with Crippen molar-refractivity contribution in [1.82, 2.24) is 0 Å². The fraction of sp³-hybridized carbons (Fsp3) is 0.500. The third-order valence-corrected chi connectivity index (χ3v) is 3.17. The van der Waals surface area contributed by atoms with Gasteiger partial charge in [-0.05, 0) is 12.8 Å². The molecule has 0 saturated carbocycles. The van der Waals surface area contributed by atoms with Gasteiger partial charge in [-0.3, -0.25) is 12.2 Å². The summed E-state index contributed by atoms with van der Waals surface area (Å²) in [6, 6.07) is 0. The van der Waals surface area contributed by atoms with E-state index in [2.05, 4.69) is 52.0 Å². The van der Waals surface area contributed by atoms with Gasteiger partial charge in [0, 0.05) is 0 Å². The molecule has 0 atom stereocenters. The average molecular weight is 423 g/mol. The Morgan fingerprint density at radius 3 is 1.29 bits per heavy atom. The van der Waals surface area contributed by atoms with E-state index in [9.17, 15) is 0 Å². The van der Waals surface area contributed by atoms with Crippen molar-refractivity contribution >= 4 is 32.4 Å². The summed E-state index contributed by atoms with van der Waals surface area (Å²) in [6.07, 6.45) is 18.3. The van der Waals surface area contributed by atoms with Crippen LogP contribution >= 0.6 is 24.8 Å². The maximum atomic E-state index is 3.28. The van der Waals surface area contributed by atoms with Crippen LogP contribution in [-0.2, 0) is 19.2 Å². The summed E-state index contributed by atoms with van der Waals surface area (Å²) in [6.45, 7) is 8.66. The Morgan fingerprint density at radius 1 is 0.833 bits per heavy atom. The molecule has 0 aromatic rings. The van der Waals surface area contributed by atoms with Crippen LogP contribution in [0.1, 0.15) is 66.2 Å². The molecule has 0 radical (unpaired) electrons. The fourth-order valence-corrected chi connectivity index (χ4v) is 2.29. The van der Waals surface area contributed by atoms with E-state index in [1.165, 1.54) is 36.8 Å². The summed E-state index contributed by atoms with van der Waals surface area (Å²) in [7, 11) is 1.86. The van der Waals surface area contributed by atoms with E-state index in [4.69, 9.17) is 0 Å². The zero-order valence-electron chi connectivity index (χ0n) is 16.4. The van der Waals surface area contributed by atoms with Crippen LogP contribution in [0.3, 0.4) is 0 Å². The molecule has 2 aliphatic rings. The Morgan fingerprint density at radius 2 is 1.12 bits per heavy atom. The third kappa shape index (κ3) is 17.3. The van der Waals surface area contributed by atoms with Gasteiger partial charge in [-0.15, -0.1) is 37.7 Å². The number of rotatable bonds is 4. The molecule has 0 aliphatic heterocycles. The first-order chi connectivity index (χ1) is 9.65. The third-order valence-electron chi connectivity index (χ3n) is 3.17. The van der Waals surface area contributed by atoms with Crippen LogP contribution in [-0.4, -0.2) is 7.63 Å². The molecule has 0 unspecified atom stereocenters. The summed E-state index contributed by atoms with van der Waals surface area (Å²) in [4.78, 5) is 0. The molecule has 0 nitrogen and oxygen atoms in total. The fourth-order valence-electron chi connectivity index (χ4n) is 2.29. The van der Waals surface area contributed by atoms with Crippen molar-refractivity contribution in [3.63, 3.8) is 0 Å². The van der Waals surface area contributed by atoms with Crippen LogP contribution in [0.4, 0.5) is 0 Å². The predicted octanol–water partition coefficient (Wildman–Crippen LogP) is 6.56. The van der Waals surface area contributed by atoms with Gasteiger partial charge in [-0.2, -0.15) is 11.1 Å². The van der Waals surface area contributed by atoms with Crippen LogP contribution in [0.2, 0.25) is 0 Å². The van der Waals surface area contributed by atoms with Gasteiger partial charge in [-0.1, -0.05) is 40.5 Å². The Labute approximate surface area is 178 Å². The number of halogens is 2. The van der Waals surface area contributed by atoms with E-state index in [1.807, 2.05) is 26.8 Å². The molecule has 0 amide bonds. The molecule has 2 rings (SSSR count). The minimum absolute atomic E-state index is 0. The second kappa shape index (κ2) is 23.5. The van der Waals surface area contributed by atoms with Gasteiger partial charge >= 0.3 is 26.8 Å². The van der Waals surface area contributed by atoms with Crippen LogP contribution in [0.5, 0.6) is 0 Å². The normalized spacial score (nSPS) is 13.3. The molecule has 4 heteroatoms. The van der Waals surface area contributed by atoms with Crippen molar-refractivity contribution < 1.29 is 19.2 Å². The first-order valence-corrected chi connectivity index (χ1v) is 11.6. The van der Waals surface area contributed by atoms with Gasteiger partial charge < -0.3 is 14.9 Å². The summed E-state index contributed by atoms with van der Waals surface area (Å²) >= 11 is 2.03. The van der Waals surface area contributed by atoms with E-state index in [0.717, 1.165) is 12.8 Å². The summed E-state index contributed by atoms with van der Waals surface area (Å²) in [5.74, 6) is 0. The molecule has 142 valence electrons. The van der Waals surface area contributed by atoms with Crippen LogP contribution in [0, 0.1) is 27.0 Å². The average Bonchev–Trinajstić information content (AvgIpc) is 3.03. The first-order valence-electron chi connectivity index (χ1n) is 7.54. The number of hydrogen-bond acceptors (Lipinski definition) is 0. The quantitative estimate of drug-likeness (QED) is 0.355. The Hall–Kier alpha value is 0.471. The van der Waals surface area contributed by atoms with Gasteiger partial charge in [0.05, 0.1) is 0 Å².